The van der Waals surface area contributed by atoms with E-state index in [2.05, 4.69) is 32.2 Å². The molecule has 0 aliphatic carbocycles. The van der Waals surface area contributed by atoms with Gasteiger partial charge in [0.15, 0.2) is 0 Å². The van der Waals surface area contributed by atoms with E-state index in [-0.39, 0.29) is 40.9 Å². The number of aromatic nitrogens is 2. The molecule has 1 N–H and O–H groups in total. The Bertz CT molecular complexity index is 1510. The van der Waals surface area contributed by atoms with Crippen LogP contribution in [0.3, 0.4) is 0 Å². The first-order valence-electron chi connectivity index (χ1n) is 12.7. The molecule has 4 aromatic rings. The van der Waals surface area contributed by atoms with Crippen LogP contribution in [0.4, 0.5) is 5.82 Å². The molecule has 0 spiro atoms. The number of benzene rings is 3. The molecule has 8 heteroatoms. The Hall–Kier alpha value is -3.61. The molecule has 39 heavy (non-hydrogen) atoms. The van der Waals surface area contributed by atoms with Crippen LogP contribution in [0.5, 0.6) is 0 Å². The third-order valence-electron chi connectivity index (χ3n) is 6.33. The molecule has 0 saturated carbocycles. The Morgan fingerprint density at radius 1 is 0.949 bits per heavy atom. The highest BCUT2D eigenvalue weighted by Gasteiger charge is 2.25. The fourth-order valence-electron chi connectivity index (χ4n) is 4.26. The highest BCUT2D eigenvalue weighted by Crippen LogP contribution is 2.28. The van der Waals surface area contributed by atoms with E-state index in [4.69, 9.17) is 28.3 Å². The number of hydrogen-bond acceptors (Lipinski definition) is 3. The van der Waals surface area contributed by atoms with Crippen LogP contribution < -0.4 is 5.32 Å². The number of nitrogens with zero attached hydrogens (tertiary/aromatic N) is 3. The predicted molar refractivity (Wildman–Crippen MR) is 158 cm³/mol. The standard InChI is InChI=1S/C31H32Cl2N4O2/c1-20-11-14-26(21(2)15-20)37-28(17-27(35-37)31(3,4)5)34-29(38)19-36(18-22-9-7-6-8-10-22)30(39)24-13-12-23(32)16-25(24)33/h6-17H,18-19H2,1-5H3,(H,34,38). The van der Waals surface area contributed by atoms with Crippen molar-refractivity contribution in [3.8, 4) is 5.69 Å². The monoisotopic (exact) mass is 562 g/mol. The Balaban J connectivity index is 1.66. The molecule has 6 nitrogen and oxygen atoms in total. The van der Waals surface area contributed by atoms with Crippen molar-refractivity contribution in [1.82, 2.24) is 14.7 Å². The van der Waals surface area contributed by atoms with Crippen LogP contribution in [0.15, 0.2) is 72.8 Å². The molecule has 0 bridgehead atoms. The molecule has 0 aliphatic heterocycles. The van der Waals surface area contributed by atoms with Crippen LogP contribution in [-0.4, -0.2) is 33.0 Å². The number of nitrogens with one attached hydrogen (secondary N) is 1. The molecule has 1 aromatic heterocycles. The lowest BCUT2D eigenvalue weighted by Gasteiger charge is -2.23. The zero-order chi connectivity index (χ0) is 28.3. The van der Waals surface area contributed by atoms with Gasteiger partial charge in [-0.2, -0.15) is 5.10 Å². The van der Waals surface area contributed by atoms with Gasteiger partial charge in [0.2, 0.25) is 5.91 Å². The van der Waals surface area contributed by atoms with Crippen molar-refractivity contribution < 1.29 is 9.59 Å². The second-order valence-corrected chi connectivity index (χ2v) is 11.5. The van der Waals surface area contributed by atoms with E-state index in [1.807, 2.05) is 62.4 Å². The number of carbonyl (C=O) groups is 2. The number of anilines is 1. The van der Waals surface area contributed by atoms with Crippen molar-refractivity contribution in [2.24, 2.45) is 0 Å². The summed E-state index contributed by atoms with van der Waals surface area (Å²) in [5, 5.41) is 8.50. The Morgan fingerprint density at radius 2 is 1.67 bits per heavy atom. The van der Waals surface area contributed by atoms with Crippen molar-refractivity contribution in [1.29, 1.82) is 0 Å². The minimum absolute atomic E-state index is 0.185. The summed E-state index contributed by atoms with van der Waals surface area (Å²) < 4.78 is 1.76. The molecule has 0 unspecified atom stereocenters. The van der Waals surface area contributed by atoms with Crippen LogP contribution in [0.2, 0.25) is 10.0 Å². The van der Waals surface area contributed by atoms with E-state index in [0.717, 1.165) is 28.1 Å². The fraction of sp³-hybridized carbons (Fsp3) is 0.258. The van der Waals surface area contributed by atoms with Crippen LogP contribution in [0.25, 0.3) is 5.69 Å². The summed E-state index contributed by atoms with van der Waals surface area (Å²) in [6.07, 6.45) is 0. The van der Waals surface area contributed by atoms with Crippen LogP contribution in [0, 0.1) is 13.8 Å². The molecule has 4 rings (SSSR count). The highest BCUT2D eigenvalue weighted by atomic mass is 35.5. The topological polar surface area (TPSA) is 67.2 Å². The van der Waals surface area contributed by atoms with E-state index in [0.29, 0.717) is 10.8 Å². The molecule has 2 amide bonds. The average molecular weight is 564 g/mol. The lowest BCUT2D eigenvalue weighted by atomic mass is 9.92. The molecule has 0 fully saturated rings. The Kier molecular flexibility index (Phi) is 8.48. The van der Waals surface area contributed by atoms with Gasteiger partial charge in [-0.05, 0) is 49.2 Å². The van der Waals surface area contributed by atoms with Crippen molar-refractivity contribution in [3.05, 3.63) is 111 Å². The summed E-state index contributed by atoms with van der Waals surface area (Å²) in [4.78, 5) is 28.5. The van der Waals surface area contributed by atoms with Crippen molar-refractivity contribution in [2.45, 2.75) is 46.6 Å². The summed E-state index contributed by atoms with van der Waals surface area (Å²) >= 11 is 12.4. The molecule has 0 radical (unpaired) electrons. The highest BCUT2D eigenvalue weighted by molar-refractivity contribution is 6.36. The van der Waals surface area contributed by atoms with Crippen LogP contribution >= 0.6 is 23.2 Å². The SMILES string of the molecule is Cc1ccc(-n2nc(C(C)(C)C)cc2NC(=O)CN(Cc2ccccc2)C(=O)c2ccc(Cl)cc2Cl)c(C)c1. The normalized spacial score (nSPS) is 11.4. The number of amides is 2. The van der Waals surface area contributed by atoms with Gasteiger partial charge in [-0.3, -0.25) is 9.59 Å². The number of hydrogen-bond donors (Lipinski definition) is 1. The van der Waals surface area contributed by atoms with Crippen LogP contribution in [-0.2, 0) is 16.8 Å². The van der Waals surface area contributed by atoms with Crippen LogP contribution in [0.1, 0.15) is 53.5 Å². The van der Waals surface area contributed by atoms with E-state index in [1.165, 1.54) is 11.0 Å². The van der Waals surface area contributed by atoms with Gasteiger partial charge in [-0.25, -0.2) is 4.68 Å². The summed E-state index contributed by atoms with van der Waals surface area (Å²) in [6, 6.07) is 22.2. The lowest BCUT2D eigenvalue weighted by Crippen LogP contribution is -2.38. The lowest BCUT2D eigenvalue weighted by molar-refractivity contribution is -0.117. The van der Waals surface area contributed by atoms with Gasteiger partial charge < -0.3 is 10.2 Å². The van der Waals surface area contributed by atoms with Crippen molar-refractivity contribution in [3.63, 3.8) is 0 Å². The van der Waals surface area contributed by atoms with Gasteiger partial charge in [0.25, 0.3) is 5.91 Å². The second-order valence-electron chi connectivity index (χ2n) is 10.7. The maximum atomic E-state index is 13.6. The first-order chi connectivity index (χ1) is 18.4. The van der Waals surface area contributed by atoms with E-state index < -0.39 is 0 Å². The first-order valence-corrected chi connectivity index (χ1v) is 13.4. The molecular weight excluding hydrogens is 531 g/mol. The van der Waals surface area contributed by atoms with Crippen molar-refractivity contribution in [2.75, 3.05) is 11.9 Å². The Labute approximate surface area is 239 Å². The third kappa shape index (κ3) is 6.88. The maximum absolute atomic E-state index is 13.6. The van der Waals surface area contributed by atoms with Gasteiger partial charge in [0.1, 0.15) is 12.4 Å². The van der Waals surface area contributed by atoms with Gasteiger partial charge >= 0.3 is 0 Å². The minimum atomic E-state index is -0.367. The third-order valence-corrected chi connectivity index (χ3v) is 6.87. The maximum Gasteiger partial charge on any atom is 0.256 e. The van der Waals surface area contributed by atoms with Gasteiger partial charge in [0.05, 0.1) is 22.0 Å². The van der Waals surface area contributed by atoms with E-state index in [9.17, 15) is 9.59 Å². The number of halogens is 2. The molecule has 0 aliphatic rings. The number of carbonyl (C=O) groups excluding carboxylic acids is 2. The Morgan fingerprint density at radius 3 is 2.31 bits per heavy atom. The number of rotatable bonds is 7. The molecule has 202 valence electrons. The number of aryl methyl sites for hydroxylation is 2. The second kappa shape index (κ2) is 11.6. The smallest absolute Gasteiger partial charge is 0.256 e. The molecular formula is C31H32Cl2N4O2. The zero-order valence-corrected chi connectivity index (χ0v) is 24.3. The summed E-state index contributed by atoms with van der Waals surface area (Å²) in [7, 11) is 0. The zero-order valence-electron chi connectivity index (χ0n) is 22.8. The largest absolute Gasteiger partial charge is 0.325 e. The average Bonchev–Trinajstić information content (AvgIpc) is 3.28. The quantitative estimate of drug-likeness (QED) is 0.255. The minimum Gasteiger partial charge on any atom is -0.325 e. The van der Waals surface area contributed by atoms with Gasteiger partial charge in [-0.1, -0.05) is 92.0 Å². The molecule has 0 saturated heterocycles. The molecule has 3 aromatic carbocycles. The summed E-state index contributed by atoms with van der Waals surface area (Å²) in [6.45, 7) is 10.3. The predicted octanol–water partition coefficient (Wildman–Crippen LogP) is 7.37. The summed E-state index contributed by atoms with van der Waals surface area (Å²) in [5.74, 6) is -0.182. The van der Waals surface area contributed by atoms with Gasteiger partial charge in [-0.15, -0.1) is 0 Å². The van der Waals surface area contributed by atoms with E-state index in [1.54, 1.807) is 16.8 Å². The fourth-order valence-corrected chi connectivity index (χ4v) is 4.74. The first kappa shape index (κ1) is 28.4. The van der Waals surface area contributed by atoms with Gasteiger partial charge in [0, 0.05) is 23.0 Å². The molecule has 0 atom stereocenters. The van der Waals surface area contributed by atoms with E-state index >= 15 is 0 Å². The summed E-state index contributed by atoms with van der Waals surface area (Å²) in [5.41, 5.74) is 4.82. The van der Waals surface area contributed by atoms with Crippen molar-refractivity contribution >= 4 is 40.8 Å². The molecule has 1 heterocycles.